The van der Waals surface area contributed by atoms with Crippen LogP contribution in [0.25, 0.3) is 0 Å². The van der Waals surface area contributed by atoms with Crippen molar-refractivity contribution in [1.29, 1.82) is 0 Å². The number of rotatable bonds is 1. The summed E-state index contributed by atoms with van der Waals surface area (Å²) < 4.78 is 12.9. The second-order valence-corrected chi connectivity index (χ2v) is 2.07. The lowest BCUT2D eigenvalue weighted by molar-refractivity contribution is 0.581. The van der Waals surface area contributed by atoms with Gasteiger partial charge in [-0.3, -0.25) is 0 Å². The van der Waals surface area contributed by atoms with E-state index in [1.807, 2.05) is 6.92 Å². The lowest BCUT2D eigenvalue weighted by atomic mass is 10.3. The Morgan fingerprint density at radius 3 is 2.70 bits per heavy atom. The van der Waals surface area contributed by atoms with Gasteiger partial charge < -0.3 is 0 Å². The lowest BCUT2D eigenvalue weighted by Crippen LogP contribution is -1.97. The molecule has 0 fully saturated rings. The first-order chi connectivity index (χ1) is 4.75. The minimum atomic E-state index is -0.273. The molecule has 0 aliphatic heterocycles. The Balaban J connectivity index is 3.14. The molecule has 10 heavy (non-hydrogen) atoms. The van der Waals surface area contributed by atoms with Crippen molar-refractivity contribution in [1.82, 2.24) is 9.97 Å². The van der Waals surface area contributed by atoms with Crippen LogP contribution in [-0.4, -0.2) is 9.97 Å². The second-order valence-electron chi connectivity index (χ2n) is 2.07. The van der Waals surface area contributed by atoms with Crippen LogP contribution in [0.5, 0.6) is 0 Å². The maximum Gasteiger partial charge on any atom is 0.165 e. The lowest BCUT2D eigenvalue weighted by Gasteiger charge is -1.98. The number of halogens is 1. The number of hydrogen-bond donors (Lipinski definition) is 0. The molecule has 0 aliphatic rings. The van der Waals surface area contributed by atoms with E-state index in [1.54, 1.807) is 6.92 Å². The predicted molar refractivity (Wildman–Crippen MR) is 36.1 cm³/mol. The van der Waals surface area contributed by atoms with Gasteiger partial charge in [0.1, 0.15) is 6.33 Å². The van der Waals surface area contributed by atoms with Gasteiger partial charge in [-0.05, 0) is 13.3 Å². The number of hydrogen-bond acceptors (Lipinski definition) is 2. The topological polar surface area (TPSA) is 25.8 Å². The predicted octanol–water partition coefficient (Wildman–Crippen LogP) is 1.49. The van der Waals surface area contributed by atoms with E-state index < -0.39 is 0 Å². The van der Waals surface area contributed by atoms with Gasteiger partial charge in [0.25, 0.3) is 0 Å². The molecule has 1 aromatic rings. The summed E-state index contributed by atoms with van der Waals surface area (Å²) in [5, 5.41) is 0. The summed E-state index contributed by atoms with van der Waals surface area (Å²) in [7, 11) is 0. The number of nitrogens with zero attached hydrogens (tertiary/aromatic N) is 2. The van der Waals surface area contributed by atoms with E-state index in [0.29, 0.717) is 17.8 Å². The average Bonchev–Trinajstić information content (AvgIpc) is 1.95. The van der Waals surface area contributed by atoms with Gasteiger partial charge in [0.05, 0.1) is 11.4 Å². The first-order valence-electron chi connectivity index (χ1n) is 3.21. The molecule has 0 aliphatic carbocycles. The largest absolute Gasteiger partial charge is 0.239 e. The minimum absolute atomic E-state index is 0.273. The van der Waals surface area contributed by atoms with Gasteiger partial charge in [-0.1, -0.05) is 6.92 Å². The van der Waals surface area contributed by atoms with E-state index in [-0.39, 0.29) is 5.82 Å². The van der Waals surface area contributed by atoms with Crippen LogP contribution in [0.3, 0.4) is 0 Å². The Labute approximate surface area is 59.1 Å². The van der Waals surface area contributed by atoms with E-state index in [4.69, 9.17) is 0 Å². The highest BCUT2D eigenvalue weighted by Gasteiger charge is 2.03. The van der Waals surface area contributed by atoms with Crippen molar-refractivity contribution in [3.63, 3.8) is 0 Å². The molecule has 1 rings (SSSR count). The summed E-state index contributed by atoms with van der Waals surface area (Å²) in [5.41, 5.74) is 0.916. The van der Waals surface area contributed by atoms with Crippen molar-refractivity contribution < 1.29 is 4.39 Å². The van der Waals surface area contributed by atoms with Crippen LogP contribution >= 0.6 is 0 Å². The molecule has 0 amide bonds. The van der Waals surface area contributed by atoms with E-state index in [2.05, 4.69) is 9.97 Å². The molecule has 2 nitrogen and oxygen atoms in total. The summed E-state index contributed by atoms with van der Waals surface area (Å²) >= 11 is 0. The van der Waals surface area contributed by atoms with Crippen LogP contribution in [-0.2, 0) is 6.42 Å². The highest BCUT2D eigenvalue weighted by molar-refractivity contribution is 5.09. The summed E-state index contributed by atoms with van der Waals surface area (Å²) in [6.45, 7) is 3.50. The standard InChI is InChI=1S/C7H9FN2/c1-3-6-7(8)5(2)9-4-10-6/h4H,3H2,1-2H3. The Morgan fingerprint density at radius 2 is 2.20 bits per heavy atom. The van der Waals surface area contributed by atoms with Gasteiger partial charge in [0.15, 0.2) is 5.82 Å². The Bertz CT molecular complexity index is 235. The fourth-order valence-corrected chi connectivity index (χ4v) is 0.754. The average molecular weight is 140 g/mol. The van der Waals surface area contributed by atoms with Crippen LogP contribution in [0, 0.1) is 12.7 Å². The Hall–Kier alpha value is -0.990. The molecule has 54 valence electrons. The van der Waals surface area contributed by atoms with Crippen LogP contribution in [0.2, 0.25) is 0 Å². The molecule has 3 heteroatoms. The number of aryl methyl sites for hydroxylation is 2. The zero-order chi connectivity index (χ0) is 7.56. The molecule has 0 spiro atoms. The summed E-state index contributed by atoms with van der Waals surface area (Å²) in [5.74, 6) is -0.273. The van der Waals surface area contributed by atoms with Crippen molar-refractivity contribution in [2.45, 2.75) is 20.3 Å². The molecule has 0 N–H and O–H groups in total. The van der Waals surface area contributed by atoms with Crippen LogP contribution in [0.15, 0.2) is 6.33 Å². The van der Waals surface area contributed by atoms with Crippen molar-refractivity contribution in [3.05, 3.63) is 23.5 Å². The van der Waals surface area contributed by atoms with Gasteiger partial charge in [-0.2, -0.15) is 0 Å². The van der Waals surface area contributed by atoms with Gasteiger partial charge >= 0.3 is 0 Å². The Morgan fingerprint density at radius 1 is 1.50 bits per heavy atom. The normalized spacial score (nSPS) is 9.90. The molecule has 0 aromatic carbocycles. The molecule has 0 radical (unpaired) electrons. The van der Waals surface area contributed by atoms with E-state index in [0.717, 1.165) is 0 Å². The monoisotopic (exact) mass is 140 g/mol. The highest BCUT2D eigenvalue weighted by atomic mass is 19.1. The van der Waals surface area contributed by atoms with E-state index >= 15 is 0 Å². The fraction of sp³-hybridized carbons (Fsp3) is 0.429. The molecule has 0 atom stereocenters. The van der Waals surface area contributed by atoms with Gasteiger partial charge in [0, 0.05) is 0 Å². The molecule has 0 saturated heterocycles. The van der Waals surface area contributed by atoms with Crippen LogP contribution in [0.1, 0.15) is 18.3 Å². The Kier molecular flexibility index (Phi) is 1.94. The molecule has 1 heterocycles. The SMILES string of the molecule is CCc1ncnc(C)c1F. The molecule has 1 aromatic heterocycles. The van der Waals surface area contributed by atoms with Crippen LogP contribution < -0.4 is 0 Å². The first-order valence-corrected chi connectivity index (χ1v) is 3.21. The molecule has 0 unspecified atom stereocenters. The highest BCUT2D eigenvalue weighted by Crippen LogP contribution is 2.05. The third-order valence-corrected chi connectivity index (χ3v) is 1.37. The zero-order valence-electron chi connectivity index (χ0n) is 6.06. The molecule has 0 bridgehead atoms. The number of aromatic nitrogens is 2. The summed E-state index contributed by atoms with van der Waals surface area (Å²) in [6, 6.07) is 0. The molecular weight excluding hydrogens is 131 g/mol. The van der Waals surface area contributed by atoms with Crippen molar-refractivity contribution >= 4 is 0 Å². The van der Waals surface area contributed by atoms with Gasteiger partial charge in [-0.15, -0.1) is 0 Å². The third-order valence-electron chi connectivity index (χ3n) is 1.37. The van der Waals surface area contributed by atoms with Crippen molar-refractivity contribution in [2.24, 2.45) is 0 Å². The smallest absolute Gasteiger partial charge is 0.165 e. The van der Waals surface area contributed by atoms with Crippen molar-refractivity contribution in [2.75, 3.05) is 0 Å². The maximum absolute atomic E-state index is 12.9. The third kappa shape index (κ3) is 1.12. The quantitative estimate of drug-likeness (QED) is 0.590. The van der Waals surface area contributed by atoms with E-state index in [1.165, 1.54) is 6.33 Å². The van der Waals surface area contributed by atoms with Crippen molar-refractivity contribution in [3.8, 4) is 0 Å². The summed E-state index contributed by atoms with van der Waals surface area (Å²) in [4.78, 5) is 7.47. The summed E-state index contributed by atoms with van der Waals surface area (Å²) in [6.07, 6.45) is 2.01. The fourth-order valence-electron chi connectivity index (χ4n) is 0.754. The zero-order valence-corrected chi connectivity index (χ0v) is 6.06. The molecule has 0 saturated carbocycles. The molecular formula is C7H9FN2. The maximum atomic E-state index is 12.9. The first kappa shape index (κ1) is 7.12. The minimum Gasteiger partial charge on any atom is -0.239 e. The second kappa shape index (κ2) is 2.73. The van der Waals surface area contributed by atoms with Gasteiger partial charge in [-0.25, -0.2) is 14.4 Å². The van der Waals surface area contributed by atoms with Crippen LogP contribution in [0.4, 0.5) is 4.39 Å². The van der Waals surface area contributed by atoms with E-state index in [9.17, 15) is 4.39 Å². The van der Waals surface area contributed by atoms with Gasteiger partial charge in [0.2, 0.25) is 0 Å².